The van der Waals surface area contributed by atoms with Crippen molar-refractivity contribution in [3.63, 3.8) is 0 Å². The van der Waals surface area contributed by atoms with Gasteiger partial charge in [-0.05, 0) is 18.6 Å². The predicted octanol–water partition coefficient (Wildman–Crippen LogP) is 1.83. The lowest BCUT2D eigenvalue weighted by Gasteiger charge is -2.25. The van der Waals surface area contributed by atoms with Crippen LogP contribution in [-0.4, -0.2) is 11.9 Å². The molecule has 13 heavy (non-hydrogen) atoms. The highest BCUT2D eigenvalue weighted by atomic mass is 16.2. The monoisotopic (exact) mass is 176 g/mol. The molecule has 0 spiro atoms. The lowest BCUT2D eigenvalue weighted by Crippen LogP contribution is -2.38. The van der Waals surface area contributed by atoms with Crippen molar-refractivity contribution in [2.45, 2.75) is 19.4 Å². The van der Waals surface area contributed by atoms with Crippen molar-refractivity contribution in [1.82, 2.24) is 0 Å². The van der Waals surface area contributed by atoms with Crippen molar-refractivity contribution in [2.24, 2.45) is 0 Å². The molecule has 0 saturated heterocycles. The Morgan fingerprint density at radius 2 is 2.00 bits per heavy atom. The molecular formula is C10H12N2O. The summed E-state index contributed by atoms with van der Waals surface area (Å²) in [5.41, 5.74) is 1.88. The summed E-state index contributed by atoms with van der Waals surface area (Å²) in [4.78, 5) is 11.4. The zero-order valence-electron chi connectivity index (χ0n) is 7.50. The molecule has 1 aliphatic heterocycles. The van der Waals surface area contributed by atoms with Crippen molar-refractivity contribution in [1.29, 1.82) is 0 Å². The van der Waals surface area contributed by atoms with E-state index in [9.17, 15) is 4.79 Å². The van der Waals surface area contributed by atoms with Crippen LogP contribution in [0.3, 0.4) is 0 Å². The number of carbonyl (C=O) groups is 1. The fourth-order valence-corrected chi connectivity index (χ4v) is 1.48. The Hall–Kier alpha value is -1.51. The van der Waals surface area contributed by atoms with E-state index in [2.05, 4.69) is 10.6 Å². The quantitative estimate of drug-likeness (QED) is 0.685. The van der Waals surface area contributed by atoms with Crippen molar-refractivity contribution < 1.29 is 4.79 Å². The number of carbonyl (C=O) groups excluding carboxylic acids is 1. The molecule has 2 N–H and O–H groups in total. The molecule has 1 aromatic carbocycles. The van der Waals surface area contributed by atoms with Gasteiger partial charge in [0.15, 0.2) is 0 Å². The second kappa shape index (κ2) is 3.09. The number of fused-ring (bicyclic) bond motifs is 1. The van der Waals surface area contributed by atoms with Crippen molar-refractivity contribution >= 4 is 17.3 Å². The number of hydrogen-bond donors (Lipinski definition) is 2. The van der Waals surface area contributed by atoms with E-state index in [4.69, 9.17) is 0 Å². The molecule has 2 rings (SSSR count). The first-order valence-corrected chi connectivity index (χ1v) is 4.47. The Bertz CT molecular complexity index is 335. The molecular weight excluding hydrogens is 164 g/mol. The molecule has 0 radical (unpaired) electrons. The molecule has 0 saturated carbocycles. The lowest BCUT2D eigenvalue weighted by atomic mass is 10.1. The maximum atomic E-state index is 11.4. The summed E-state index contributed by atoms with van der Waals surface area (Å²) >= 11 is 0. The molecule has 1 aliphatic rings. The van der Waals surface area contributed by atoms with Crippen LogP contribution in [0.5, 0.6) is 0 Å². The summed E-state index contributed by atoms with van der Waals surface area (Å²) in [7, 11) is 0. The van der Waals surface area contributed by atoms with Crippen LogP contribution >= 0.6 is 0 Å². The number of anilines is 2. The average Bonchev–Trinajstić information content (AvgIpc) is 2.17. The maximum Gasteiger partial charge on any atom is 0.246 e. The first kappa shape index (κ1) is 8.10. The molecule has 0 bridgehead atoms. The van der Waals surface area contributed by atoms with Gasteiger partial charge in [-0.15, -0.1) is 0 Å². The highest BCUT2D eigenvalue weighted by Crippen LogP contribution is 2.26. The topological polar surface area (TPSA) is 41.1 Å². The average molecular weight is 176 g/mol. The van der Waals surface area contributed by atoms with Crippen LogP contribution in [0.1, 0.15) is 13.3 Å². The predicted molar refractivity (Wildman–Crippen MR) is 52.8 cm³/mol. The molecule has 1 amide bonds. The van der Waals surface area contributed by atoms with Crippen molar-refractivity contribution in [3.05, 3.63) is 24.3 Å². The van der Waals surface area contributed by atoms with E-state index in [0.29, 0.717) is 0 Å². The Labute approximate surface area is 77.1 Å². The van der Waals surface area contributed by atoms with Gasteiger partial charge in [-0.1, -0.05) is 19.1 Å². The third-order valence-corrected chi connectivity index (χ3v) is 2.24. The van der Waals surface area contributed by atoms with E-state index in [0.717, 1.165) is 17.8 Å². The molecule has 3 heteroatoms. The van der Waals surface area contributed by atoms with Gasteiger partial charge in [-0.3, -0.25) is 4.79 Å². The number of para-hydroxylation sites is 2. The maximum absolute atomic E-state index is 11.4. The minimum Gasteiger partial charge on any atom is -0.372 e. The van der Waals surface area contributed by atoms with E-state index in [1.807, 2.05) is 31.2 Å². The van der Waals surface area contributed by atoms with Crippen molar-refractivity contribution in [2.75, 3.05) is 10.6 Å². The van der Waals surface area contributed by atoms with Gasteiger partial charge in [0.2, 0.25) is 5.91 Å². The van der Waals surface area contributed by atoms with Gasteiger partial charge in [-0.25, -0.2) is 0 Å². The largest absolute Gasteiger partial charge is 0.372 e. The van der Waals surface area contributed by atoms with E-state index in [1.165, 1.54) is 0 Å². The van der Waals surface area contributed by atoms with Crippen LogP contribution in [0.15, 0.2) is 24.3 Å². The molecule has 0 aliphatic carbocycles. The number of nitrogens with one attached hydrogen (secondary N) is 2. The summed E-state index contributed by atoms with van der Waals surface area (Å²) in [5, 5.41) is 6.04. The smallest absolute Gasteiger partial charge is 0.246 e. The van der Waals surface area contributed by atoms with Gasteiger partial charge < -0.3 is 10.6 Å². The molecule has 3 nitrogen and oxygen atoms in total. The number of hydrogen-bond acceptors (Lipinski definition) is 2. The highest BCUT2D eigenvalue weighted by Gasteiger charge is 2.22. The fraction of sp³-hybridized carbons (Fsp3) is 0.300. The number of amides is 1. The fourth-order valence-electron chi connectivity index (χ4n) is 1.48. The van der Waals surface area contributed by atoms with Gasteiger partial charge in [0.25, 0.3) is 0 Å². The minimum absolute atomic E-state index is 0.0567. The summed E-state index contributed by atoms with van der Waals surface area (Å²) in [6.07, 6.45) is 0.806. The SMILES string of the molecule is CC[C@@H]1Nc2ccccc2NC1=O. The molecule has 1 atom stereocenters. The van der Waals surface area contributed by atoms with Crippen LogP contribution in [0.4, 0.5) is 11.4 Å². The molecule has 0 fully saturated rings. The molecule has 0 unspecified atom stereocenters. The number of rotatable bonds is 1. The summed E-state index contributed by atoms with van der Waals surface area (Å²) in [6, 6.07) is 7.64. The van der Waals surface area contributed by atoms with Crippen LogP contribution in [0.25, 0.3) is 0 Å². The second-order valence-corrected chi connectivity index (χ2v) is 3.14. The molecule has 1 heterocycles. The zero-order chi connectivity index (χ0) is 9.26. The summed E-state index contributed by atoms with van der Waals surface area (Å²) in [5.74, 6) is 0.0567. The van der Waals surface area contributed by atoms with Gasteiger partial charge in [0.1, 0.15) is 6.04 Å². The van der Waals surface area contributed by atoms with E-state index in [1.54, 1.807) is 0 Å². The third kappa shape index (κ3) is 1.37. The Balaban J connectivity index is 2.33. The van der Waals surface area contributed by atoms with Gasteiger partial charge in [0, 0.05) is 0 Å². The van der Waals surface area contributed by atoms with E-state index >= 15 is 0 Å². The van der Waals surface area contributed by atoms with E-state index < -0.39 is 0 Å². The Morgan fingerprint density at radius 1 is 1.31 bits per heavy atom. The molecule has 0 aromatic heterocycles. The van der Waals surface area contributed by atoms with E-state index in [-0.39, 0.29) is 11.9 Å². The van der Waals surface area contributed by atoms with Crippen LogP contribution < -0.4 is 10.6 Å². The molecule has 1 aromatic rings. The first-order valence-electron chi connectivity index (χ1n) is 4.47. The number of benzene rings is 1. The van der Waals surface area contributed by atoms with Crippen LogP contribution in [-0.2, 0) is 4.79 Å². The highest BCUT2D eigenvalue weighted by molar-refractivity contribution is 6.02. The molecule has 68 valence electrons. The third-order valence-electron chi connectivity index (χ3n) is 2.24. The minimum atomic E-state index is -0.0881. The lowest BCUT2D eigenvalue weighted by molar-refractivity contribution is -0.117. The standard InChI is InChI=1S/C10H12N2O/c1-2-7-10(13)12-9-6-4-3-5-8(9)11-7/h3-7,11H,2H2,1H3,(H,12,13)/t7-/m0/s1. The Kier molecular flexibility index (Phi) is 1.93. The Morgan fingerprint density at radius 3 is 2.69 bits per heavy atom. The first-order chi connectivity index (χ1) is 6.31. The van der Waals surface area contributed by atoms with Gasteiger partial charge >= 0.3 is 0 Å². The second-order valence-electron chi connectivity index (χ2n) is 3.14. The van der Waals surface area contributed by atoms with Crippen LogP contribution in [0.2, 0.25) is 0 Å². The van der Waals surface area contributed by atoms with Gasteiger partial charge in [-0.2, -0.15) is 0 Å². The van der Waals surface area contributed by atoms with Crippen LogP contribution in [0, 0.1) is 0 Å². The summed E-state index contributed by atoms with van der Waals surface area (Å²) < 4.78 is 0. The van der Waals surface area contributed by atoms with Crippen molar-refractivity contribution in [3.8, 4) is 0 Å². The normalized spacial score (nSPS) is 20.1. The zero-order valence-corrected chi connectivity index (χ0v) is 7.50. The summed E-state index contributed by atoms with van der Waals surface area (Å²) in [6.45, 7) is 1.99. The van der Waals surface area contributed by atoms with Gasteiger partial charge in [0.05, 0.1) is 11.4 Å².